The Morgan fingerprint density at radius 1 is 0.974 bits per heavy atom. The maximum Gasteiger partial charge on any atom is 0.255 e. The summed E-state index contributed by atoms with van der Waals surface area (Å²) in [4.78, 5) is 18.3. The van der Waals surface area contributed by atoms with Crippen molar-refractivity contribution in [3.63, 3.8) is 0 Å². The van der Waals surface area contributed by atoms with Crippen LogP contribution in [0.4, 0.5) is 11.5 Å². The zero-order chi connectivity index (χ0) is 27.4. The monoisotopic (exact) mass is 548 g/mol. The Morgan fingerprint density at radius 2 is 1.69 bits per heavy atom. The van der Waals surface area contributed by atoms with Gasteiger partial charge < -0.3 is 5.32 Å². The van der Waals surface area contributed by atoms with Gasteiger partial charge >= 0.3 is 0 Å². The quantitative estimate of drug-likeness (QED) is 0.382. The molecule has 0 bridgehead atoms. The van der Waals surface area contributed by atoms with Crippen LogP contribution in [0.2, 0.25) is 0 Å². The third kappa shape index (κ3) is 4.80. The van der Waals surface area contributed by atoms with Gasteiger partial charge in [-0.2, -0.15) is 4.31 Å². The van der Waals surface area contributed by atoms with Crippen LogP contribution in [0.1, 0.15) is 81.9 Å². The molecule has 2 aliphatic carbocycles. The summed E-state index contributed by atoms with van der Waals surface area (Å²) in [5, 5.41) is 4.33. The van der Waals surface area contributed by atoms with Gasteiger partial charge in [0.25, 0.3) is 5.56 Å². The number of pyridine rings is 2. The van der Waals surface area contributed by atoms with Gasteiger partial charge in [0.1, 0.15) is 11.5 Å². The predicted molar refractivity (Wildman–Crippen MR) is 156 cm³/mol. The number of sulfonamides is 1. The van der Waals surface area contributed by atoms with E-state index in [1.807, 2.05) is 42.7 Å². The molecule has 3 heterocycles. The number of benzene rings is 1. The van der Waals surface area contributed by atoms with E-state index in [0.717, 1.165) is 66.6 Å². The lowest BCUT2D eigenvalue weighted by molar-refractivity contribution is 0.0148. The molecule has 0 unspecified atom stereocenters. The maximum absolute atomic E-state index is 13.4. The third-order valence-corrected chi connectivity index (χ3v) is 11.4. The molecule has 0 amide bonds. The number of fused-ring (bicyclic) bond motifs is 1. The van der Waals surface area contributed by atoms with E-state index in [1.54, 1.807) is 16.4 Å². The SMILES string of the molecule is CCC1CCC2(CC1)CN(S(=O)(=O)c1ccc(Nc3ccc4cc(C)c(=O)n(C5CCCC5)c4n3)c(C)c1)C2. The second-order valence-electron chi connectivity index (χ2n) is 12.3. The summed E-state index contributed by atoms with van der Waals surface area (Å²) < 4.78 is 30.4. The summed E-state index contributed by atoms with van der Waals surface area (Å²) in [5.74, 6) is 1.45. The number of aromatic nitrogens is 2. The van der Waals surface area contributed by atoms with Crippen molar-refractivity contribution in [1.29, 1.82) is 0 Å². The first kappa shape index (κ1) is 26.5. The zero-order valence-electron chi connectivity index (χ0n) is 23.4. The summed E-state index contributed by atoms with van der Waals surface area (Å²) in [5.41, 5.74) is 3.32. The average Bonchev–Trinajstić information content (AvgIpc) is 3.44. The number of nitrogens with one attached hydrogen (secondary N) is 1. The molecule has 208 valence electrons. The Kier molecular flexibility index (Phi) is 6.82. The second-order valence-corrected chi connectivity index (χ2v) is 14.2. The highest BCUT2D eigenvalue weighted by Crippen LogP contribution is 2.48. The number of aryl methyl sites for hydroxylation is 2. The van der Waals surface area contributed by atoms with Crippen LogP contribution in [0, 0.1) is 25.2 Å². The van der Waals surface area contributed by atoms with Crippen molar-refractivity contribution in [3.8, 4) is 0 Å². The number of hydrogen-bond acceptors (Lipinski definition) is 5. The van der Waals surface area contributed by atoms with Gasteiger partial charge in [-0.05, 0) is 106 Å². The summed E-state index contributed by atoms with van der Waals surface area (Å²) in [7, 11) is -3.51. The highest BCUT2D eigenvalue weighted by atomic mass is 32.2. The van der Waals surface area contributed by atoms with Crippen LogP contribution in [0.5, 0.6) is 0 Å². The first-order chi connectivity index (χ1) is 18.7. The lowest BCUT2D eigenvalue weighted by Crippen LogP contribution is -2.59. The van der Waals surface area contributed by atoms with Gasteiger partial charge in [-0.1, -0.05) is 26.2 Å². The number of nitrogens with zero attached hydrogens (tertiary/aromatic N) is 3. The lowest BCUT2D eigenvalue weighted by atomic mass is 9.66. The van der Waals surface area contributed by atoms with E-state index in [4.69, 9.17) is 4.98 Å². The van der Waals surface area contributed by atoms with Crippen LogP contribution in [0.15, 0.2) is 46.1 Å². The summed E-state index contributed by atoms with van der Waals surface area (Å²) >= 11 is 0. The fourth-order valence-electron chi connectivity index (χ4n) is 7.03. The van der Waals surface area contributed by atoms with Crippen molar-refractivity contribution < 1.29 is 8.42 Å². The smallest absolute Gasteiger partial charge is 0.255 e. The number of anilines is 2. The topological polar surface area (TPSA) is 84.3 Å². The van der Waals surface area contributed by atoms with Gasteiger partial charge in [-0.15, -0.1) is 0 Å². The number of rotatable bonds is 6. The zero-order valence-corrected chi connectivity index (χ0v) is 24.2. The minimum atomic E-state index is -3.51. The van der Waals surface area contributed by atoms with Crippen LogP contribution in [0.25, 0.3) is 11.0 Å². The first-order valence-electron chi connectivity index (χ1n) is 14.6. The van der Waals surface area contributed by atoms with E-state index >= 15 is 0 Å². The molecule has 1 aliphatic heterocycles. The van der Waals surface area contributed by atoms with Gasteiger partial charge in [-0.25, -0.2) is 13.4 Å². The minimum absolute atomic E-state index is 0.0379. The second kappa shape index (κ2) is 10.0. The molecule has 1 aromatic carbocycles. The van der Waals surface area contributed by atoms with E-state index < -0.39 is 10.0 Å². The lowest BCUT2D eigenvalue weighted by Gasteiger charge is -2.52. The molecule has 3 aromatic rings. The van der Waals surface area contributed by atoms with E-state index in [9.17, 15) is 13.2 Å². The van der Waals surface area contributed by atoms with Gasteiger partial charge in [0.15, 0.2) is 0 Å². The molecule has 0 radical (unpaired) electrons. The average molecular weight is 549 g/mol. The van der Waals surface area contributed by atoms with E-state index in [2.05, 4.69) is 12.2 Å². The minimum Gasteiger partial charge on any atom is -0.340 e. The van der Waals surface area contributed by atoms with Gasteiger partial charge in [0.2, 0.25) is 10.0 Å². The molecule has 2 aromatic heterocycles. The molecular weight excluding hydrogens is 508 g/mol. The van der Waals surface area contributed by atoms with Gasteiger partial charge in [0.05, 0.1) is 4.90 Å². The van der Waals surface area contributed by atoms with E-state index in [0.29, 0.717) is 29.5 Å². The third-order valence-electron chi connectivity index (χ3n) is 9.62. The maximum atomic E-state index is 13.4. The van der Waals surface area contributed by atoms with Crippen molar-refractivity contribution >= 4 is 32.6 Å². The molecule has 6 rings (SSSR count). The summed E-state index contributed by atoms with van der Waals surface area (Å²) in [6.45, 7) is 7.34. The van der Waals surface area contributed by atoms with Crippen LogP contribution >= 0.6 is 0 Å². The normalized spacial score (nSPS) is 20.5. The van der Waals surface area contributed by atoms with Crippen molar-refractivity contribution in [2.45, 2.75) is 89.5 Å². The van der Waals surface area contributed by atoms with Crippen LogP contribution < -0.4 is 10.9 Å². The Morgan fingerprint density at radius 3 is 2.36 bits per heavy atom. The molecule has 3 fully saturated rings. The summed E-state index contributed by atoms with van der Waals surface area (Å²) in [6.07, 6.45) is 10.2. The molecule has 1 spiro atoms. The molecule has 1 N–H and O–H groups in total. The summed E-state index contributed by atoms with van der Waals surface area (Å²) in [6, 6.07) is 11.3. The Bertz CT molecular complexity index is 1560. The first-order valence-corrected chi connectivity index (χ1v) is 16.0. The molecular formula is C31H40N4O3S. The van der Waals surface area contributed by atoms with Gasteiger partial charge in [-0.3, -0.25) is 9.36 Å². The molecule has 2 saturated carbocycles. The molecule has 8 heteroatoms. The standard InChI is InChI=1S/C31H40N4O3S/c1-4-23-13-15-31(16-14-23)19-34(20-31)39(37,38)26-10-11-27(21(2)18-26)32-28-12-9-24-17-22(3)30(36)35(29(24)33-28)25-7-5-6-8-25/h9-12,17-18,23,25H,4-8,13-16,19-20H2,1-3H3,(H,32,33). The van der Waals surface area contributed by atoms with Crippen molar-refractivity contribution in [1.82, 2.24) is 13.9 Å². The molecule has 1 saturated heterocycles. The van der Waals surface area contributed by atoms with Crippen molar-refractivity contribution in [3.05, 3.63) is 57.9 Å². The highest BCUT2D eigenvalue weighted by Gasteiger charge is 2.49. The Balaban J connectivity index is 1.21. The highest BCUT2D eigenvalue weighted by molar-refractivity contribution is 7.89. The molecule has 3 aliphatic rings. The Hall–Kier alpha value is -2.71. The van der Waals surface area contributed by atoms with Crippen LogP contribution in [-0.2, 0) is 10.0 Å². The molecule has 7 nitrogen and oxygen atoms in total. The van der Waals surface area contributed by atoms with Gasteiger partial charge in [0, 0.05) is 35.8 Å². The van der Waals surface area contributed by atoms with Crippen molar-refractivity contribution in [2.75, 3.05) is 18.4 Å². The Labute approximate surface area is 231 Å². The van der Waals surface area contributed by atoms with E-state index in [1.165, 1.54) is 19.3 Å². The van der Waals surface area contributed by atoms with E-state index in [-0.39, 0.29) is 17.0 Å². The van der Waals surface area contributed by atoms with Crippen LogP contribution in [0.3, 0.4) is 0 Å². The predicted octanol–water partition coefficient (Wildman–Crippen LogP) is 6.46. The fourth-order valence-corrected chi connectivity index (χ4v) is 8.78. The van der Waals surface area contributed by atoms with Crippen molar-refractivity contribution in [2.24, 2.45) is 11.3 Å². The molecule has 0 atom stereocenters. The molecule has 39 heavy (non-hydrogen) atoms. The van der Waals surface area contributed by atoms with Crippen LogP contribution in [-0.4, -0.2) is 35.4 Å². The largest absolute Gasteiger partial charge is 0.340 e. The fraction of sp³-hybridized carbons (Fsp3) is 0.548. The number of hydrogen-bond donors (Lipinski definition) is 1.